The van der Waals surface area contributed by atoms with E-state index in [1.165, 1.54) is 0 Å². The first kappa shape index (κ1) is 17.5. The van der Waals surface area contributed by atoms with Crippen molar-refractivity contribution in [2.24, 2.45) is 5.92 Å². The van der Waals surface area contributed by atoms with Crippen LogP contribution >= 0.6 is 23.2 Å². The lowest BCUT2D eigenvalue weighted by Gasteiger charge is -2.24. The molecule has 0 saturated heterocycles. The molecule has 114 valence electrons. The van der Waals surface area contributed by atoms with E-state index >= 15 is 0 Å². The van der Waals surface area contributed by atoms with E-state index in [-0.39, 0.29) is 5.38 Å². The molecule has 0 aliphatic heterocycles. The first-order chi connectivity index (χ1) is 9.60. The van der Waals surface area contributed by atoms with E-state index in [1.807, 2.05) is 12.1 Å². The van der Waals surface area contributed by atoms with Crippen LogP contribution in [0, 0.1) is 5.92 Å². The quantitative estimate of drug-likeness (QED) is 0.559. The molecule has 1 aromatic rings. The van der Waals surface area contributed by atoms with E-state index in [0.29, 0.717) is 22.4 Å². The number of rotatable bonds is 8. The van der Waals surface area contributed by atoms with Gasteiger partial charge in [-0.15, -0.1) is 11.6 Å². The van der Waals surface area contributed by atoms with Crippen LogP contribution in [-0.2, 0) is 0 Å². The highest BCUT2D eigenvalue weighted by molar-refractivity contribution is 6.34. The molecule has 1 atom stereocenters. The van der Waals surface area contributed by atoms with Crippen LogP contribution < -0.4 is 9.47 Å². The second-order valence-corrected chi connectivity index (χ2v) is 5.79. The van der Waals surface area contributed by atoms with Crippen molar-refractivity contribution in [1.29, 1.82) is 0 Å². The zero-order chi connectivity index (χ0) is 15.1. The smallest absolute Gasteiger partial charge is 0.145 e. The van der Waals surface area contributed by atoms with E-state index in [4.69, 9.17) is 32.7 Å². The summed E-state index contributed by atoms with van der Waals surface area (Å²) in [6.45, 7) is 4.37. The Morgan fingerprint density at radius 3 is 2.10 bits per heavy atom. The Balaban J connectivity index is 3.13. The Bertz CT molecular complexity index is 415. The fraction of sp³-hybridized carbons (Fsp3) is 0.625. The van der Waals surface area contributed by atoms with Crippen LogP contribution in [0.1, 0.15) is 50.5 Å². The molecule has 0 aliphatic rings. The Morgan fingerprint density at radius 2 is 1.65 bits per heavy atom. The van der Waals surface area contributed by atoms with Crippen LogP contribution in [0.2, 0.25) is 5.02 Å². The highest BCUT2D eigenvalue weighted by Crippen LogP contribution is 2.45. The van der Waals surface area contributed by atoms with E-state index in [9.17, 15) is 0 Å². The lowest BCUT2D eigenvalue weighted by molar-refractivity contribution is 0.378. The average molecular weight is 319 g/mol. The Labute approximate surface area is 132 Å². The van der Waals surface area contributed by atoms with Crippen molar-refractivity contribution >= 4 is 23.2 Å². The maximum Gasteiger partial charge on any atom is 0.145 e. The number of halogens is 2. The zero-order valence-corrected chi connectivity index (χ0v) is 14.2. The van der Waals surface area contributed by atoms with Crippen molar-refractivity contribution < 1.29 is 9.47 Å². The van der Waals surface area contributed by atoms with Gasteiger partial charge in [0.1, 0.15) is 16.5 Å². The molecule has 0 amide bonds. The summed E-state index contributed by atoms with van der Waals surface area (Å²) in [6, 6.07) is 3.81. The molecular weight excluding hydrogens is 295 g/mol. The van der Waals surface area contributed by atoms with Gasteiger partial charge >= 0.3 is 0 Å². The Morgan fingerprint density at radius 1 is 1.05 bits per heavy atom. The average Bonchev–Trinajstić information content (AvgIpc) is 2.46. The molecule has 20 heavy (non-hydrogen) atoms. The van der Waals surface area contributed by atoms with Gasteiger partial charge in [-0.25, -0.2) is 0 Å². The molecule has 1 aromatic carbocycles. The molecule has 1 unspecified atom stereocenters. The van der Waals surface area contributed by atoms with E-state index in [2.05, 4.69) is 13.8 Å². The zero-order valence-electron chi connectivity index (χ0n) is 12.7. The fourth-order valence-electron chi connectivity index (χ4n) is 2.57. The van der Waals surface area contributed by atoms with Crippen LogP contribution in [0.15, 0.2) is 12.1 Å². The fourth-order valence-corrected chi connectivity index (χ4v) is 3.32. The molecule has 0 radical (unpaired) electrons. The number of hydrogen-bond donors (Lipinski definition) is 0. The predicted octanol–water partition coefficient (Wildman–Crippen LogP) is 5.85. The monoisotopic (exact) mass is 318 g/mol. The SMILES string of the molecule is CCCC(CCC)C(Cl)c1ccc(OC)c(Cl)c1OC. The van der Waals surface area contributed by atoms with Crippen molar-refractivity contribution in [3.8, 4) is 11.5 Å². The maximum absolute atomic E-state index is 6.70. The summed E-state index contributed by atoms with van der Waals surface area (Å²) in [7, 11) is 3.21. The normalized spacial score (nSPS) is 12.6. The molecule has 0 saturated carbocycles. The van der Waals surface area contributed by atoms with Gasteiger partial charge in [-0.3, -0.25) is 0 Å². The van der Waals surface area contributed by atoms with E-state index in [1.54, 1.807) is 14.2 Å². The second-order valence-electron chi connectivity index (χ2n) is 4.94. The summed E-state index contributed by atoms with van der Waals surface area (Å²) in [5, 5.41) is 0.401. The standard InChI is InChI=1S/C16H24Cl2O2/c1-5-7-11(8-6-2)14(17)12-9-10-13(19-3)15(18)16(12)20-4/h9-11,14H,5-8H2,1-4H3. The van der Waals surface area contributed by atoms with Gasteiger partial charge in [0.05, 0.1) is 19.6 Å². The summed E-state index contributed by atoms with van der Waals surface area (Å²) in [5.41, 5.74) is 0.951. The van der Waals surface area contributed by atoms with Gasteiger partial charge < -0.3 is 9.47 Å². The van der Waals surface area contributed by atoms with Gasteiger partial charge in [0.2, 0.25) is 0 Å². The maximum atomic E-state index is 6.70. The Kier molecular flexibility index (Phi) is 7.53. The summed E-state index contributed by atoms with van der Waals surface area (Å²) >= 11 is 13.0. The summed E-state index contributed by atoms with van der Waals surface area (Å²) in [5.74, 6) is 1.67. The predicted molar refractivity (Wildman–Crippen MR) is 86.5 cm³/mol. The van der Waals surface area contributed by atoms with Crippen LogP contribution in [0.3, 0.4) is 0 Å². The van der Waals surface area contributed by atoms with Crippen molar-refractivity contribution in [1.82, 2.24) is 0 Å². The minimum Gasteiger partial charge on any atom is -0.495 e. The van der Waals surface area contributed by atoms with E-state index in [0.717, 1.165) is 31.2 Å². The number of methoxy groups -OCH3 is 2. The summed E-state index contributed by atoms with van der Waals surface area (Å²) in [4.78, 5) is 0. The molecule has 0 bridgehead atoms. The largest absolute Gasteiger partial charge is 0.495 e. The van der Waals surface area contributed by atoms with Crippen LogP contribution in [0.4, 0.5) is 0 Å². The molecule has 0 aromatic heterocycles. The number of ether oxygens (including phenoxy) is 2. The first-order valence-corrected chi connectivity index (χ1v) is 7.96. The molecule has 1 rings (SSSR count). The topological polar surface area (TPSA) is 18.5 Å². The second kappa shape index (κ2) is 8.63. The molecule has 0 N–H and O–H groups in total. The lowest BCUT2D eigenvalue weighted by Crippen LogP contribution is -2.09. The molecule has 0 fully saturated rings. The van der Waals surface area contributed by atoms with Crippen molar-refractivity contribution in [3.05, 3.63) is 22.7 Å². The van der Waals surface area contributed by atoms with Gasteiger partial charge in [0.15, 0.2) is 0 Å². The summed E-state index contributed by atoms with van der Waals surface area (Å²) in [6.07, 6.45) is 4.46. The molecule has 0 aliphatic carbocycles. The number of hydrogen-bond acceptors (Lipinski definition) is 2. The highest BCUT2D eigenvalue weighted by atomic mass is 35.5. The third-order valence-corrected chi connectivity index (χ3v) is 4.50. The molecule has 4 heteroatoms. The van der Waals surface area contributed by atoms with Crippen LogP contribution in [0.5, 0.6) is 11.5 Å². The molecular formula is C16H24Cl2O2. The van der Waals surface area contributed by atoms with Crippen molar-refractivity contribution in [2.45, 2.75) is 44.9 Å². The van der Waals surface area contributed by atoms with Crippen LogP contribution in [0.25, 0.3) is 0 Å². The van der Waals surface area contributed by atoms with Gasteiger partial charge in [-0.2, -0.15) is 0 Å². The third kappa shape index (κ3) is 3.95. The number of benzene rings is 1. The third-order valence-electron chi connectivity index (χ3n) is 3.55. The minimum absolute atomic E-state index is 0.0896. The summed E-state index contributed by atoms with van der Waals surface area (Å²) < 4.78 is 10.7. The lowest BCUT2D eigenvalue weighted by atomic mass is 9.90. The van der Waals surface area contributed by atoms with Crippen molar-refractivity contribution in [3.63, 3.8) is 0 Å². The highest BCUT2D eigenvalue weighted by Gasteiger charge is 2.25. The van der Waals surface area contributed by atoms with Gasteiger partial charge in [0.25, 0.3) is 0 Å². The van der Waals surface area contributed by atoms with Gasteiger partial charge in [-0.1, -0.05) is 44.4 Å². The molecule has 0 spiro atoms. The Hall–Kier alpha value is -0.600. The first-order valence-electron chi connectivity index (χ1n) is 7.15. The minimum atomic E-state index is -0.0896. The number of alkyl halides is 1. The van der Waals surface area contributed by atoms with E-state index < -0.39 is 0 Å². The van der Waals surface area contributed by atoms with Gasteiger partial charge in [-0.05, 0) is 24.8 Å². The molecule has 0 heterocycles. The molecule has 2 nitrogen and oxygen atoms in total. The van der Waals surface area contributed by atoms with Gasteiger partial charge in [0, 0.05) is 5.56 Å². The van der Waals surface area contributed by atoms with Crippen LogP contribution in [-0.4, -0.2) is 14.2 Å². The van der Waals surface area contributed by atoms with Crippen molar-refractivity contribution in [2.75, 3.05) is 14.2 Å².